The largest absolute Gasteiger partial charge is 0.380 e. The van der Waals surface area contributed by atoms with E-state index in [9.17, 15) is 14.9 Å². The summed E-state index contributed by atoms with van der Waals surface area (Å²) in [4.78, 5) is 36.1. The fourth-order valence-corrected chi connectivity index (χ4v) is 1.79. The fraction of sp³-hybridized carbons (Fsp3) is 0.250. The van der Waals surface area contributed by atoms with Crippen LogP contribution in [0.15, 0.2) is 42.7 Å². The smallest absolute Gasteiger partial charge is 0.292 e. The Bertz CT molecular complexity index is 723. The maximum Gasteiger partial charge on any atom is 0.380 e. The average molecular weight is 316 g/mol. The van der Waals surface area contributed by atoms with E-state index in [-0.39, 0.29) is 11.3 Å². The van der Waals surface area contributed by atoms with Crippen molar-refractivity contribution in [1.29, 1.82) is 0 Å². The van der Waals surface area contributed by atoms with Gasteiger partial charge in [-0.1, -0.05) is 6.07 Å². The molecule has 0 aliphatic heterocycles. The number of rotatable bonds is 4. The second kappa shape index (κ2) is 6.53. The second-order valence-corrected chi connectivity index (χ2v) is 5.79. The van der Waals surface area contributed by atoms with Crippen molar-refractivity contribution in [3.8, 4) is 11.1 Å². The van der Waals surface area contributed by atoms with Crippen molar-refractivity contribution in [1.82, 2.24) is 4.98 Å². The van der Waals surface area contributed by atoms with E-state index in [4.69, 9.17) is 4.89 Å². The Balaban J connectivity index is 2.34. The van der Waals surface area contributed by atoms with E-state index in [1.165, 1.54) is 12.1 Å². The van der Waals surface area contributed by atoms with Gasteiger partial charge in [0.25, 0.3) is 5.69 Å². The maximum absolute atomic E-state index is 12.0. The van der Waals surface area contributed by atoms with Crippen LogP contribution in [0.25, 0.3) is 11.1 Å². The predicted molar refractivity (Wildman–Crippen MR) is 82.6 cm³/mol. The third kappa shape index (κ3) is 4.33. The number of nitro benzene ring substituents is 1. The lowest BCUT2D eigenvalue weighted by Crippen LogP contribution is -2.22. The summed E-state index contributed by atoms with van der Waals surface area (Å²) in [6.45, 7) is 5.09. The van der Waals surface area contributed by atoms with Crippen molar-refractivity contribution in [2.45, 2.75) is 26.4 Å². The van der Waals surface area contributed by atoms with Crippen LogP contribution in [0.5, 0.6) is 0 Å². The topological polar surface area (TPSA) is 91.6 Å². The van der Waals surface area contributed by atoms with Crippen molar-refractivity contribution in [3.05, 3.63) is 58.4 Å². The molecule has 0 N–H and O–H groups in total. The molecule has 2 rings (SSSR count). The van der Waals surface area contributed by atoms with E-state index in [1.807, 2.05) is 0 Å². The molecule has 0 spiro atoms. The zero-order valence-electron chi connectivity index (χ0n) is 13.0. The third-order valence-corrected chi connectivity index (χ3v) is 2.80. The highest BCUT2D eigenvalue weighted by Gasteiger charge is 2.25. The molecule has 0 amide bonds. The molecule has 0 saturated carbocycles. The summed E-state index contributed by atoms with van der Waals surface area (Å²) in [5, 5.41) is 11.3. The summed E-state index contributed by atoms with van der Waals surface area (Å²) in [7, 11) is 0. The Kier molecular flexibility index (Phi) is 4.71. The van der Waals surface area contributed by atoms with Gasteiger partial charge in [-0.15, -0.1) is 0 Å². The molecule has 0 unspecified atom stereocenters. The first-order chi connectivity index (χ1) is 10.8. The molecule has 7 nitrogen and oxygen atoms in total. The number of carbonyl (C=O) groups excluding carboxylic acids is 1. The van der Waals surface area contributed by atoms with Crippen LogP contribution in [0.1, 0.15) is 31.1 Å². The van der Waals surface area contributed by atoms with Crippen molar-refractivity contribution in [2.75, 3.05) is 0 Å². The molecule has 0 fully saturated rings. The number of hydrogen-bond donors (Lipinski definition) is 0. The van der Waals surface area contributed by atoms with Gasteiger partial charge in [0.2, 0.25) is 0 Å². The molecule has 0 aliphatic rings. The van der Waals surface area contributed by atoms with Gasteiger partial charge in [-0.05, 0) is 50.1 Å². The third-order valence-electron chi connectivity index (χ3n) is 2.80. The molecule has 1 aromatic carbocycles. The van der Waals surface area contributed by atoms with Crippen LogP contribution in [-0.2, 0) is 9.78 Å². The molecule has 7 heteroatoms. The minimum atomic E-state index is -0.909. The van der Waals surface area contributed by atoms with Gasteiger partial charge in [0.1, 0.15) is 11.2 Å². The van der Waals surface area contributed by atoms with Crippen LogP contribution in [0, 0.1) is 10.1 Å². The van der Waals surface area contributed by atoms with E-state index in [0.29, 0.717) is 5.56 Å². The van der Waals surface area contributed by atoms with Crippen LogP contribution in [0.4, 0.5) is 5.69 Å². The summed E-state index contributed by atoms with van der Waals surface area (Å²) in [5.74, 6) is -0.909. The summed E-state index contributed by atoms with van der Waals surface area (Å²) in [5.41, 5.74) is 0.141. The number of pyridine rings is 1. The van der Waals surface area contributed by atoms with Gasteiger partial charge < -0.3 is 0 Å². The molecular formula is C16H16N2O5. The Labute approximate surface area is 133 Å². The molecule has 0 saturated heterocycles. The van der Waals surface area contributed by atoms with Gasteiger partial charge in [0, 0.05) is 18.5 Å². The van der Waals surface area contributed by atoms with Crippen molar-refractivity contribution < 1.29 is 19.5 Å². The normalized spacial score (nSPS) is 11.1. The van der Waals surface area contributed by atoms with Gasteiger partial charge in [-0.3, -0.25) is 20.0 Å². The van der Waals surface area contributed by atoms with Crippen LogP contribution in [0.2, 0.25) is 0 Å². The SMILES string of the molecule is CC(C)(C)OOC(=O)c1ccc(-c2ccncc2)cc1[N+](=O)[O-]. The number of benzene rings is 1. The Morgan fingerprint density at radius 2 is 1.78 bits per heavy atom. The lowest BCUT2D eigenvalue weighted by molar-refractivity contribution is -0.385. The van der Waals surface area contributed by atoms with Gasteiger partial charge in [-0.2, -0.15) is 4.89 Å². The van der Waals surface area contributed by atoms with E-state index in [0.717, 1.165) is 5.56 Å². The Morgan fingerprint density at radius 1 is 1.13 bits per heavy atom. The number of carbonyl (C=O) groups is 1. The molecule has 0 aliphatic carbocycles. The number of nitrogens with zero attached hydrogens (tertiary/aromatic N) is 2. The minimum absolute atomic E-state index is 0.169. The van der Waals surface area contributed by atoms with Crippen LogP contribution < -0.4 is 0 Å². The van der Waals surface area contributed by atoms with Gasteiger partial charge >= 0.3 is 5.97 Å². The first-order valence-electron chi connectivity index (χ1n) is 6.87. The highest BCUT2D eigenvalue weighted by molar-refractivity contribution is 5.94. The number of hydrogen-bond acceptors (Lipinski definition) is 6. The molecule has 1 aromatic heterocycles. The lowest BCUT2D eigenvalue weighted by atomic mass is 10.0. The lowest BCUT2D eigenvalue weighted by Gasteiger charge is -2.16. The zero-order chi connectivity index (χ0) is 17.0. The molecule has 0 atom stereocenters. The van der Waals surface area contributed by atoms with Crippen LogP contribution >= 0.6 is 0 Å². The standard InChI is InChI=1S/C16H16N2O5/c1-16(2,3)23-22-15(19)13-5-4-12(10-14(13)18(20)21)11-6-8-17-9-7-11/h4-10H,1-3H3. The minimum Gasteiger partial charge on any atom is -0.292 e. The van der Waals surface area contributed by atoms with Gasteiger partial charge in [0.15, 0.2) is 0 Å². The fourth-order valence-electron chi connectivity index (χ4n) is 1.79. The van der Waals surface area contributed by atoms with E-state index in [1.54, 1.807) is 51.4 Å². The Hall–Kier alpha value is -2.80. The van der Waals surface area contributed by atoms with Crippen LogP contribution in [0.3, 0.4) is 0 Å². The summed E-state index contributed by atoms with van der Waals surface area (Å²) in [6, 6.07) is 7.72. The van der Waals surface area contributed by atoms with Crippen molar-refractivity contribution >= 4 is 11.7 Å². The van der Waals surface area contributed by atoms with Crippen molar-refractivity contribution in [2.24, 2.45) is 0 Å². The van der Waals surface area contributed by atoms with Gasteiger partial charge in [0.05, 0.1) is 4.92 Å². The molecule has 23 heavy (non-hydrogen) atoms. The molecule has 0 bridgehead atoms. The summed E-state index contributed by atoms with van der Waals surface area (Å²) in [6.07, 6.45) is 3.17. The molecular weight excluding hydrogens is 300 g/mol. The van der Waals surface area contributed by atoms with E-state index >= 15 is 0 Å². The quantitative estimate of drug-likeness (QED) is 0.486. The maximum atomic E-state index is 12.0. The van der Waals surface area contributed by atoms with E-state index in [2.05, 4.69) is 9.87 Å². The molecule has 1 heterocycles. The number of nitro groups is 1. The first kappa shape index (κ1) is 16.6. The molecule has 0 radical (unpaired) electrons. The molecule has 120 valence electrons. The second-order valence-electron chi connectivity index (χ2n) is 5.79. The molecule has 2 aromatic rings. The highest BCUT2D eigenvalue weighted by Crippen LogP contribution is 2.27. The summed E-state index contributed by atoms with van der Waals surface area (Å²) >= 11 is 0. The summed E-state index contributed by atoms with van der Waals surface area (Å²) < 4.78 is 0. The average Bonchev–Trinajstić information content (AvgIpc) is 2.52. The van der Waals surface area contributed by atoms with E-state index < -0.39 is 16.5 Å². The predicted octanol–water partition coefficient (Wildman–Crippen LogP) is 3.54. The van der Waals surface area contributed by atoms with Gasteiger partial charge in [-0.25, -0.2) is 4.79 Å². The number of aromatic nitrogens is 1. The van der Waals surface area contributed by atoms with Crippen molar-refractivity contribution in [3.63, 3.8) is 0 Å². The monoisotopic (exact) mass is 316 g/mol. The first-order valence-corrected chi connectivity index (χ1v) is 6.87. The highest BCUT2D eigenvalue weighted by atomic mass is 17.2. The van der Waals surface area contributed by atoms with Crippen LogP contribution in [-0.4, -0.2) is 21.5 Å². The zero-order valence-corrected chi connectivity index (χ0v) is 13.0. The Morgan fingerprint density at radius 3 is 2.35 bits per heavy atom.